The van der Waals surface area contributed by atoms with Crippen molar-refractivity contribution in [2.45, 2.75) is 45.9 Å². The zero-order chi connectivity index (χ0) is 31.9. The van der Waals surface area contributed by atoms with Crippen LogP contribution in [0, 0.1) is 6.92 Å². The Labute approximate surface area is 270 Å². The Bertz CT molecular complexity index is 2020. The van der Waals surface area contributed by atoms with Crippen molar-refractivity contribution in [3.05, 3.63) is 118 Å². The van der Waals surface area contributed by atoms with E-state index in [1.807, 2.05) is 75.4 Å². The van der Waals surface area contributed by atoms with Crippen LogP contribution in [-0.4, -0.2) is 34.5 Å². The number of ketones is 1. The summed E-state index contributed by atoms with van der Waals surface area (Å²) in [5.41, 5.74) is 4.71. The number of ether oxygens (including phenoxy) is 3. The first-order valence-corrected chi connectivity index (χ1v) is 16.0. The molecule has 232 valence electrons. The highest BCUT2D eigenvalue weighted by Gasteiger charge is 2.48. The summed E-state index contributed by atoms with van der Waals surface area (Å²) in [6.45, 7) is 6.56. The minimum absolute atomic E-state index is 0.0141. The average molecular weight is 633 g/mol. The number of aliphatic hydroxyl groups excluding tert-OH is 1. The van der Waals surface area contributed by atoms with Crippen LogP contribution < -0.4 is 19.1 Å². The lowest BCUT2D eigenvalue weighted by Crippen LogP contribution is -2.29. The van der Waals surface area contributed by atoms with Gasteiger partial charge >= 0.3 is 5.91 Å². The maximum absolute atomic E-state index is 13.9. The third-order valence-corrected chi connectivity index (χ3v) is 9.19. The minimum Gasteiger partial charge on any atom is -0.507 e. The summed E-state index contributed by atoms with van der Waals surface area (Å²) in [6.07, 6.45) is 0.696. The molecular formula is C37H32N2O6S. The number of aromatic nitrogens is 1. The van der Waals surface area contributed by atoms with Crippen LogP contribution in [0.25, 0.3) is 16.0 Å². The Morgan fingerprint density at radius 3 is 2.63 bits per heavy atom. The van der Waals surface area contributed by atoms with Gasteiger partial charge in [-0.05, 0) is 85.5 Å². The summed E-state index contributed by atoms with van der Waals surface area (Å²) in [5, 5.41) is 12.1. The van der Waals surface area contributed by atoms with E-state index in [2.05, 4.69) is 0 Å². The molecule has 9 heteroatoms. The molecule has 4 aromatic carbocycles. The Morgan fingerprint density at radius 1 is 1.00 bits per heavy atom. The summed E-state index contributed by atoms with van der Waals surface area (Å²) in [6, 6.07) is 25.4. The normalized spacial score (nSPS) is 18.5. The molecule has 2 atom stereocenters. The van der Waals surface area contributed by atoms with E-state index in [1.54, 1.807) is 30.3 Å². The van der Waals surface area contributed by atoms with Gasteiger partial charge in [0.05, 0.1) is 28.4 Å². The van der Waals surface area contributed by atoms with Crippen molar-refractivity contribution in [1.29, 1.82) is 0 Å². The molecule has 3 heterocycles. The molecule has 0 unspecified atom stereocenters. The van der Waals surface area contributed by atoms with E-state index in [-0.39, 0.29) is 17.4 Å². The molecule has 0 saturated carbocycles. The first-order valence-electron chi connectivity index (χ1n) is 15.2. The van der Waals surface area contributed by atoms with Gasteiger partial charge < -0.3 is 19.3 Å². The number of nitrogens with zero attached hydrogens (tertiary/aromatic N) is 2. The van der Waals surface area contributed by atoms with Crippen molar-refractivity contribution in [3.63, 3.8) is 0 Å². The van der Waals surface area contributed by atoms with Crippen LogP contribution in [0.2, 0.25) is 0 Å². The first-order chi connectivity index (χ1) is 22.3. The molecular weight excluding hydrogens is 600 g/mol. The minimum atomic E-state index is -0.965. The van der Waals surface area contributed by atoms with Gasteiger partial charge in [-0.15, -0.1) is 0 Å². The van der Waals surface area contributed by atoms with E-state index in [1.165, 1.54) is 16.2 Å². The average Bonchev–Trinajstić information content (AvgIpc) is 3.72. The summed E-state index contributed by atoms with van der Waals surface area (Å²) in [4.78, 5) is 33.9. The van der Waals surface area contributed by atoms with Crippen LogP contribution in [0.15, 0.2) is 90.5 Å². The van der Waals surface area contributed by atoms with Crippen LogP contribution >= 0.6 is 11.3 Å². The third kappa shape index (κ3) is 5.37. The van der Waals surface area contributed by atoms with Crippen LogP contribution in [0.3, 0.4) is 0 Å². The van der Waals surface area contributed by atoms with Crippen molar-refractivity contribution < 1.29 is 28.9 Å². The summed E-state index contributed by atoms with van der Waals surface area (Å²) < 4.78 is 18.9. The summed E-state index contributed by atoms with van der Waals surface area (Å²) in [7, 11) is 0. The lowest BCUT2D eigenvalue weighted by molar-refractivity contribution is -0.132. The van der Waals surface area contributed by atoms with Crippen LogP contribution in [0.1, 0.15) is 47.7 Å². The van der Waals surface area contributed by atoms with E-state index >= 15 is 0 Å². The molecule has 0 radical (unpaired) electrons. The number of aryl methyl sites for hydroxylation is 1. The van der Waals surface area contributed by atoms with Crippen molar-refractivity contribution in [1.82, 2.24) is 4.98 Å². The van der Waals surface area contributed by atoms with Crippen LogP contribution in [-0.2, 0) is 22.6 Å². The second kappa shape index (κ2) is 12.0. The van der Waals surface area contributed by atoms with E-state index in [4.69, 9.17) is 19.2 Å². The predicted molar refractivity (Wildman–Crippen MR) is 178 cm³/mol. The quantitative estimate of drug-likeness (QED) is 0.107. The van der Waals surface area contributed by atoms with Crippen molar-refractivity contribution >= 4 is 44.1 Å². The zero-order valence-corrected chi connectivity index (χ0v) is 26.5. The predicted octanol–water partition coefficient (Wildman–Crippen LogP) is 7.53. The van der Waals surface area contributed by atoms with E-state index in [9.17, 15) is 14.7 Å². The molecule has 1 amide bonds. The number of aliphatic hydroxyl groups is 1. The zero-order valence-electron chi connectivity index (χ0n) is 25.7. The van der Waals surface area contributed by atoms with Gasteiger partial charge in [-0.1, -0.05) is 53.8 Å². The highest BCUT2D eigenvalue weighted by molar-refractivity contribution is 7.22. The van der Waals surface area contributed by atoms with Crippen LogP contribution in [0.4, 0.5) is 5.13 Å². The molecule has 8 nitrogen and oxygen atoms in total. The van der Waals surface area contributed by atoms with Gasteiger partial charge in [0.25, 0.3) is 5.78 Å². The number of fused-ring (bicyclic) bond motifs is 2. The van der Waals surface area contributed by atoms with Crippen LogP contribution in [0.5, 0.6) is 17.2 Å². The number of Topliss-reactive ketones (excluding diaryl/α,β-unsaturated/α-hetero) is 1. The van der Waals surface area contributed by atoms with Gasteiger partial charge in [0.2, 0.25) is 0 Å². The number of carbonyl (C=O) groups is 2. The van der Waals surface area contributed by atoms with E-state index < -0.39 is 17.7 Å². The van der Waals surface area contributed by atoms with Crippen molar-refractivity contribution in [2.75, 3.05) is 11.5 Å². The van der Waals surface area contributed by atoms with Gasteiger partial charge in [-0.3, -0.25) is 14.5 Å². The fourth-order valence-corrected chi connectivity index (χ4v) is 7.10. The molecule has 1 N–H and O–H groups in total. The number of rotatable bonds is 8. The summed E-state index contributed by atoms with van der Waals surface area (Å²) in [5.74, 6) is -0.0706. The summed E-state index contributed by atoms with van der Waals surface area (Å²) >= 11 is 1.33. The molecule has 1 fully saturated rings. The number of benzene rings is 4. The molecule has 5 aromatic rings. The maximum Gasteiger partial charge on any atom is 0.301 e. The van der Waals surface area contributed by atoms with Gasteiger partial charge in [-0.25, -0.2) is 4.98 Å². The fourth-order valence-electron chi connectivity index (χ4n) is 6.01. The number of thiazole rings is 1. The molecule has 0 spiro atoms. The largest absolute Gasteiger partial charge is 0.507 e. The van der Waals surface area contributed by atoms with E-state index in [0.717, 1.165) is 32.7 Å². The molecule has 2 aliphatic rings. The smallest absolute Gasteiger partial charge is 0.301 e. The molecule has 0 aliphatic carbocycles. The highest BCUT2D eigenvalue weighted by atomic mass is 32.1. The van der Waals surface area contributed by atoms with Crippen molar-refractivity contribution in [3.8, 4) is 17.2 Å². The van der Waals surface area contributed by atoms with Gasteiger partial charge in [0, 0.05) is 12.0 Å². The molecule has 0 bridgehead atoms. The Balaban J connectivity index is 1.36. The molecule has 7 rings (SSSR count). The van der Waals surface area contributed by atoms with Crippen molar-refractivity contribution in [2.24, 2.45) is 0 Å². The molecule has 2 aliphatic heterocycles. The number of amides is 1. The Kier molecular flexibility index (Phi) is 7.70. The molecule has 1 aromatic heterocycles. The standard InChI is InChI=1S/C37H32N2O6S/c1-4-43-30-19-24(11-15-29(30)44-20-23-8-6-5-7-9-23)33-32(34(40)25-12-14-28-26(18-25)17-22(3)45-28)35(41)36(42)39(33)37-38-27-13-10-21(2)16-31(27)46-37/h5-16,18-19,22,33,40H,4,17,20H2,1-3H3/t22-,33-/m1/s1. The topological polar surface area (TPSA) is 98.2 Å². The number of anilines is 1. The fraction of sp³-hybridized carbons (Fsp3) is 0.216. The lowest BCUT2D eigenvalue weighted by atomic mass is 9.94. The van der Waals surface area contributed by atoms with Gasteiger partial charge in [-0.2, -0.15) is 0 Å². The second-order valence-electron chi connectivity index (χ2n) is 11.5. The second-order valence-corrected chi connectivity index (χ2v) is 12.5. The van der Waals surface area contributed by atoms with Gasteiger partial charge in [0.1, 0.15) is 24.2 Å². The maximum atomic E-state index is 13.9. The lowest BCUT2D eigenvalue weighted by Gasteiger charge is -2.24. The van der Waals surface area contributed by atoms with E-state index in [0.29, 0.717) is 47.4 Å². The Hall–Kier alpha value is -5.15. The SMILES string of the molecule is CCOc1cc([C@@H]2C(=C(O)c3ccc4c(c3)C[C@@H](C)O4)C(=O)C(=O)N2c2nc3ccc(C)cc3s2)ccc1OCc1ccccc1. The molecule has 46 heavy (non-hydrogen) atoms. The monoisotopic (exact) mass is 632 g/mol. The Morgan fingerprint density at radius 2 is 1.83 bits per heavy atom. The number of carbonyl (C=O) groups excluding carboxylic acids is 2. The highest BCUT2D eigenvalue weighted by Crippen LogP contribution is 2.46. The first kappa shape index (κ1) is 29.6. The number of hydrogen-bond acceptors (Lipinski definition) is 8. The van der Waals surface area contributed by atoms with Gasteiger partial charge in [0.15, 0.2) is 16.6 Å². The molecule has 1 saturated heterocycles. The number of hydrogen-bond donors (Lipinski definition) is 1. The third-order valence-electron chi connectivity index (χ3n) is 8.17.